The van der Waals surface area contributed by atoms with Crippen LogP contribution in [0.1, 0.15) is 13.8 Å². The molecule has 0 atom stereocenters. The van der Waals surface area contributed by atoms with Crippen molar-refractivity contribution in [3.8, 4) is 0 Å². The first kappa shape index (κ1) is 9.10. The Morgan fingerprint density at radius 3 is 1.90 bits per heavy atom. The van der Waals surface area contributed by atoms with Gasteiger partial charge in [0, 0.05) is 6.92 Å². The van der Waals surface area contributed by atoms with Crippen molar-refractivity contribution in [3.05, 3.63) is 20.8 Å². The van der Waals surface area contributed by atoms with Crippen LogP contribution in [0.3, 0.4) is 0 Å². The molecule has 0 aromatic rings. The molecule has 0 heterocycles. The molecule has 56 valence electrons. The SMILES string of the molecule is CC(=O)/C(=C(\C)Cl)[N+](=O)[O-]. The molecule has 0 saturated heterocycles. The molecular weight excluding hydrogens is 158 g/mol. The topological polar surface area (TPSA) is 60.2 Å². The predicted molar refractivity (Wildman–Crippen MR) is 36.2 cm³/mol. The zero-order valence-corrected chi connectivity index (χ0v) is 6.31. The van der Waals surface area contributed by atoms with Gasteiger partial charge in [0.25, 0.3) is 0 Å². The van der Waals surface area contributed by atoms with Crippen LogP contribution in [0.2, 0.25) is 0 Å². The first-order chi connectivity index (χ1) is 4.46. The second-order valence-electron chi connectivity index (χ2n) is 1.70. The quantitative estimate of drug-likeness (QED) is 0.351. The standard InChI is InChI=1S/C5H6ClNO3/c1-3(6)5(4(2)8)7(9)10/h1-2H3/b5-3-. The van der Waals surface area contributed by atoms with Crippen LogP contribution in [0.5, 0.6) is 0 Å². The summed E-state index contributed by atoms with van der Waals surface area (Å²) in [6.45, 7) is 2.41. The second kappa shape index (κ2) is 3.31. The summed E-state index contributed by atoms with van der Waals surface area (Å²) < 4.78 is 0. The summed E-state index contributed by atoms with van der Waals surface area (Å²) in [6.07, 6.45) is 0. The van der Waals surface area contributed by atoms with Gasteiger partial charge in [-0.05, 0) is 6.92 Å². The smallest absolute Gasteiger partial charge is 0.287 e. The Balaban J connectivity index is 4.79. The summed E-state index contributed by atoms with van der Waals surface area (Å²) in [6, 6.07) is 0. The Kier molecular flexibility index (Phi) is 3.02. The van der Waals surface area contributed by atoms with Crippen molar-refractivity contribution in [1.29, 1.82) is 0 Å². The normalized spacial score (nSPS) is 12.3. The van der Waals surface area contributed by atoms with E-state index in [9.17, 15) is 14.9 Å². The summed E-state index contributed by atoms with van der Waals surface area (Å²) in [4.78, 5) is 19.7. The third-order valence-electron chi connectivity index (χ3n) is 0.842. The lowest BCUT2D eigenvalue weighted by Crippen LogP contribution is -2.08. The molecule has 0 fully saturated rings. The number of hydrogen-bond donors (Lipinski definition) is 0. The highest BCUT2D eigenvalue weighted by Crippen LogP contribution is 2.09. The van der Waals surface area contributed by atoms with Gasteiger partial charge in [-0.2, -0.15) is 0 Å². The number of halogens is 1. The Morgan fingerprint density at radius 1 is 1.50 bits per heavy atom. The Morgan fingerprint density at radius 2 is 1.90 bits per heavy atom. The molecule has 0 aliphatic heterocycles. The van der Waals surface area contributed by atoms with Gasteiger partial charge < -0.3 is 0 Å². The molecule has 0 amide bonds. The van der Waals surface area contributed by atoms with Crippen LogP contribution in [0.4, 0.5) is 0 Å². The first-order valence-electron chi connectivity index (χ1n) is 2.48. The van der Waals surface area contributed by atoms with Crippen LogP contribution in [-0.4, -0.2) is 10.7 Å². The molecule has 0 unspecified atom stereocenters. The molecule has 0 aliphatic carbocycles. The van der Waals surface area contributed by atoms with Crippen molar-refractivity contribution in [1.82, 2.24) is 0 Å². The maximum absolute atomic E-state index is 10.4. The van der Waals surface area contributed by atoms with E-state index in [2.05, 4.69) is 0 Å². The van der Waals surface area contributed by atoms with Crippen LogP contribution in [0.25, 0.3) is 0 Å². The average Bonchev–Trinajstić information content (AvgIpc) is 1.59. The van der Waals surface area contributed by atoms with Crippen molar-refractivity contribution >= 4 is 17.4 Å². The Bertz CT molecular complexity index is 189. The van der Waals surface area contributed by atoms with Gasteiger partial charge in [-0.3, -0.25) is 14.9 Å². The van der Waals surface area contributed by atoms with E-state index < -0.39 is 16.4 Å². The number of allylic oxidation sites excluding steroid dienone is 2. The summed E-state index contributed by atoms with van der Waals surface area (Å²) in [5, 5.41) is 9.94. The van der Waals surface area contributed by atoms with E-state index in [1.54, 1.807) is 0 Å². The molecule has 0 radical (unpaired) electrons. The second-order valence-corrected chi connectivity index (χ2v) is 2.26. The fraction of sp³-hybridized carbons (Fsp3) is 0.400. The fourth-order valence-corrected chi connectivity index (χ4v) is 0.699. The maximum atomic E-state index is 10.4. The van der Waals surface area contributed by atoms with Crippen molar-refractivity contribution in [2.75, 3.05) is 0 Å². The third-order valence-corrected chi connectivity index (χ3v) is 1.02. The van der Waals surface area contributed by atoms with Crippen molar-refractivity contribution in [2.45, 2.75) is 13.8 Å². The van der Waals surface area contributed by atoms with Gasteiger partial charge in [-0.15, -0.1) is 0 Å². The van der Waals surface area contributed by atoms with Gasteiger partial charge in [0.1, 0.15) is 0 Å². The first-order valence-corrected chi connectivity index (χ1v) is 2.86. The monoisotopic (exact) mass is 163 g/mol. The highest BCUT2D eigenvalue weighted by atomic mass is 35.5. The number of hydrogen-bond acceptors (Lipinski definition) is 3. The van der Waals surface area contributed by atoms with E-state index in [1.165, 1.54) is 6.92 Å². The molecule has 0 rings (SSSR count). The van der Waals surface area contributed by atoms with Crippen LogP contribution in [0, 0.1) is 10.1 Å². The number of carbonyl (C=O) groups is 1. The van der Waals surface area contributed by atoms with Crippen molar-refractivity contribution in [3.63, 3.8) is 0 Å². The summed E-state index contributed by atoms with van der Waals surface area (Å²) in [5.41, 5.74) is -0.540. The van der Waals surface area contributed by atoms with Gasteiger partial charge in [0.15, 0.2) is 0 Å². The molecule has 0 aromatic heterocycles. The van der Waals surface area contributed by atoms with E-state index in [-0.39, 0.29) is 5.03 Å². The number of rotatable bonds is 2. The highest BCUT2D eigenvalue weighted by molar-refractivity contribution is 6.31. The number of Topliss-reactive ketones (excluding diaryl/α,β-unsaturated/α-hetero) is 1. The van der Waals surface area contributed by atoms with Gasteiger partial charge >= 0.3 is 5.70 Å². The molecule has 0 aliphatic rings. The van der Waals surface area contributed by atoms with Crippen molar-refractivity contribution < 1.29 is 9.72 Å². The minimum atomic E-state index is -0.787. The van der Waals surface area contributed by atoms with Crippen molar-refractivity contribution in [2.24, 2.45) is 0 Å². The van der Waals surface area contributed by atoms with E-state index in [4.69, 9.17) is 11.6 Å². The minimum absolute atomic E-state index is 0.0856. The van der Waals surface area contributed by atoms with Crippen LogP contribution < -0.4 is 0 Å². The Hall–Kier alpha value is -0.900. The van der Waals surface area contributed by atoms with E-state index in [0.717, 1.165) is 6.92 Å². The van der Waals surface area contributed by atoms with E-state index >= 15 is 0 Å². The predicted octanol–water partition coefficient (Wildman–Crippen LogP) is 1.32. The van der Waals surface area contributed by atoms with E-state index in [1.807, 2.05) is 0 Å². The van der Waals surface area contributed by atoms with Gasteiger partial charge in [0.05, 0.1) is 9.96 Å². The summed E-state index contributed by atoms with van der Waals surface area (Å²) in [7, 11) is 0. The lowest BCUT2D eigenvalue weighted by molar-refractivity contribution is -0.419. The summed E-state index contributed by atoms with van der Waals surface area (Å²) in [5.74, 6) is -0.627. The third kappa shape index (κ3) is 2.14. The highest BCUT2D eigenvalue weighted by Gasteiger charge is 2.19. The molecule has 0 spiro atoms. The maximum Gasteiger partial charge on any atom is 0.325 e. The van der Waals surface area contributed by atoms with Gasteiger partial charge in [0.2, 0.25) is 5.78 Å². The number of ketones is 1. The summed E-state index contributed by atoms with van der Waals surface area (Å²) >= 11 is 5.25. The lowest BCUT2D eigenvalue weighted by atomic mass is 10.3. The minimum Gasteiger partial charge on any atom is -0.287 e. The zero-order chi connectivity index (χ0) is 8.31. The van der Waals surface area contributed by atoms with Crippen LogP contribution in [-0.2, 0) is 4.79 Å². The largest absolute Gasteiger partial charge is 0.325 e. The Labute approximate surface area is 62.6 Å². The van der Waals surface area contributed by atoms with Crippen LogP contribution >= 0.6 is 11.6 Å². The molecule has 0 aromatic carbocycles. The molecule has 10 heavy (non-hydrogen) atoms. The van der Waals surface area contributed by atoms with E-state index in [0.29, 0.717) is 0 Å². The van der Waals surface area contributed by atoms with Gasteiger partial charge in [-0.25, -0.2) is 0 Å². The zero-order valence-electron chi connectivity index (χ0n) is 5.55. The molecule has 0 N–H and O–H groups in total. The number of nitrogens with zero attached hydrogens (tertiary/aromatic N) is 1. The molecule has 4 nitrogen and oxygen atoms in total. The number of nitro groups is 1. The fourth-order valence-electron chi connectivity index (χ4n) is 0.497. The number of carbonyl (C=O) groups excluding carboxylic acids is 1. The van der Waals surface area contributed by atoms with Crippen LogP contribution in [0.15, 0.2) is 10.7 Å². The molecule has 0 bridgehead atoms. The molecular formula is C5H6ClNO3. The average molecular weight is 164 g/mol. The molecule has 5 heteroatoms. The molecule has 0 saturated carbocycles. The lowest BCUT2D eigenvalue weighted by Gasteiger charge is -1.91. The van der Waals surface area contributed by atoms with Gasteiger partial charge in [-0.1, -0.05) is 11.6 Å².